The molecule has 1 aliphatic heterocycles. The van der Waals surface area contributed by atoms with Gasteiger partial charge >= 0.3 is 0 Å². The Morgan fingerprint density at radius 1 is 1.08 bits per heavy atom. The van der Waals surface area contributed by atoms with E-state index in [1.54, 1.807) is 44.7 Å². The zero-order valence-corrected chi connectivity index (χ0v) is 20.4. The fourth-order valence-electron chi connectivity index (χ4n) is 4.67. The van der Waals surface area contributed by atoms with Crippen molar-refractivity contribution in [1.29, 1.82) is 0 Å². The van der Waals surface area contributed by atoms with Crippen molar-refractivity contribution in [2.45, 2.75) is 25.0 Å². The number of carbonyl (C=O) groups excluding carboxylic acids is 1. The Morgan fingerprint density at radius 3 is 2.61 bits per heavy atom. The van der Waals surface area contributed by atoms with Crippen molar-refractivity contribution >= 4 is 22.6 Å². The quantitative estimate of drug-likeness (QED) is 0.394. The lowest BCUT2D eigenvalue weighted by atomic mass is 9.84. The van der Waals surface area contributed by atoms with Gasteiger partial charge in [-0.3, -0.25) is 14.7 Å². The van der Waals surface area contributed by atoms with Crippen LogP contribution in [0.4, 0.5) is 5.69 Å². The Kier molecular flexibility index (Phi) is 6.63. The van der Waals surface area contributed by atoms with Crippen LogP contribution in [0.2, 0.25) is 0 Å². The summed E-state index contributed by atoms with van der Waals surface area (Å²) in [5.74, 6) is 0.912. The molecule has 1 amide bonds. The Bertz CT molecular complexity index is 1360. The molecule has 0 saturated carbocycles. The van der Waals surface area contributed by atoms with Crippen molar-refractivity contribution in [3.63, 3.8) is 0 Å². The molecule has 1 fully saturated rings. The maximum atomic E-state index is 12.8. The number of hydrogen-bond donors (Lipinski definition) is 2. The van der Waals surface area contributed by atoms with Crippen LogP contribution in [-0.4, -0.2) is 48.2 Å². The van der Waals surface area contributed by atoms with Crippen LogP contribution in [0.3, 0.4) is 0 Å². The number of pyridine rings is 1. The largest absolute Gasteiger partial charge is 0.493 e. The molecule has 0 spiro atoms. The number of carbonyl (C=O) groups is 1. The molecule has 3 heterocycles. The lowest BCUT2D eigenvalue weighted by Crippen LogP contribution is -2.42. The van der Waals surface area contributed by atoms with Crippen LogP contribution >= 0.6 is 0 Å². The molecule has 2 aromatic carbocycles. The number of aromatic nitrogens is 1. The molecule has 8 nitrogen and oxygen atoms in total. The van der Waals surface area contributed by atoms with Gasteiger partial charge in [0.05, 0.1) is 19.8 Å². The highest BCUT2D eigenvalue weighted by atomic mass is 16.5. The predicted octanol–water partition coefficient (Wildman–Crippen LogP) is 4.58. The molecule has 186 valence electrons. The molecule has 36 heavy (non-hydrogen) atoms. The second kappa shape index (κ2) is 10.0. The summed E-state index contributed by atoms with van der Waals surface area (Å²) in [5.41, 5.74) is 2.24. The highest BCUT2D eigenvalue weighted by Crippen LogP contribution is 2.36. The van der Waals surface area contributed by atoms with Crippen LogP contribution in [0, 0.1) is 0 Å². The minimum atomic E-state index is -0.918. The number of benzene rings is 2. The van der Waals surface area contributed by atoms with Gasteiger partial charge in [-0.25, -0.2) is 0 Å². The second-order valence-corrected chi connectivity index (χ2v) is 9.06. The normalized spacial score (nSPS) is 15.5. The number of piperidine rings is 1. The molecule has 2 aromatic heterocycles. The van der Waals surface area contributed by atoms with Crippen LogP contribution in [0.5, 0.6) is 11.5 Å². The fourth-order valence-corrected chi connectivity index (χ4v) is 4.67. The van der Waals surface area contributed by atoms with Crippen molar-refractivity contribution in [3.8, 4) is 11.5 Å². The van der Waals surface area contributed by atoms with E-state index in [2.05, 4.69) is 21.3 Å². The highest BCUT2D eigenvalue weighted by Gasteiger charge is 2.34. The summed E-state index contributed by atoms with van der Waals surface area (Å²) in [6.07, 6.45) is 4.91. The Hall–Kier alpha value is -3.88. The number of ether oxygens (including phenoxy) is 2. The minimum Gasteiger partial charge on any atom is -0.493 e. The van der Waals surface area contributed by atoms with E-state index in [0.29, 0.717) is 35.6 Å². The molecular weight excluding hydrogens is 458 g/mol. The summed E-state index contributed by atoms with van der Waals surface area (Å²) in [4.78, 5) is 19.4. The highest BCUT2D eigenvalue weighted by molar-refractivity contribution is 6.04. The summed E-state index contributed by atoms with van der Waals surface area (Å²) in [5, 5.41) is 15.0. The van der Waals surface area contributed by atoms with Crippen LogP contribution in [0.25, 0.3) is 11.0 Å². The predicted molar refractivity (Wildman–Crippen MR) is 136 cm³/mol. The number of anilines is 1. The van der Waals surface area contributed by atoms with Crippen molar-refractivity contribution in [2.24, 2.45) is 0 Å². The van der Waals surface area contributed by atoms with Crippen molar-refractivity contribution in [1.82, 2.24) is 9.88 Å². The molecule has 0 aliphatic carbocycles. The first kappa shape index (κ1) is 23.8. The van der Waals surface area contributed by atoms with Gasteiger partial charge in [0.25, 0.3) is 5.91 Å². The molecular formula is C28H29N3O5. The average molecular weight is 488 g/mol. The third-order valence-corrected chi connectivity index (χ3v) is 6.73. The minimum absolute atomic E-state index is 0.190. The number of fused-ring (bicyclic) bond motifs is 1. The van der Waals surface area contributed by atoms with Gasteiger partial charge in [-0.15, -0.1) is 0 Å². The molecule has 4 aromatic rings. The van der Waals surface area contributed by atoms with Gasteiger partial charge in [0.2, 0.25) is 0 Å². The molecule has 0 unspecified atom stereocenters. The van der Waals surface area contributed by atoms with Crippen molar-refractivity contribution in [2.75, 3.05) is 32.6 Å². The standard InChI is InChI=1S/C28H29N3O5/c1-34-24-8-6-22(16-25(24)35-2)30-27(32)26-15-20-14-21(5-7-23(20)36-26)28(33)9-12-31(13-10-28)18-19-4-3-11-29-17-19/h3-8,11,14-17,33H,9-10,12-13,18H2,1-2H3,(H,30,32). The van der Waals surface area contributed by atoms with E-state index >= 15 is 0 Å². The number of nitrogens with zero attached hydrogens (tertiary/aromatic N) is 2. The van der Waals surface area contributed by atoms with Crippen LogP contribution in [0.15, 0.2) is 71.4 Å². The van der Waals surface area contributed by atoms with E-state index in [1.165, 1.54) is 5.56 Å². The lowest BCUT2D eigenvalue weighted by molar-refractivity contribution is -0.0276. The van der Waals surface area contributed by atoms with E-state index in [9.17, 15) is 9.90 Å². The van der Waals surface area contributed by atoms with Gasteiger partial charge < -0.3 is 24.3 Å². The smallest absolute Gasteiger partial charge is 0.291 e. The maximum Gasteiger partial charge on any atom is 0.291 e. The van der Waals surface area contributed by atoms with E-state index in [4.69, 9.17) is 13.9 Å². The summed E-state index contributed by atoms with van der Waals surface area (Å²) < 4.78 is 16.3. The number of methoxy groups -OCH3 is 2. The zero-order chi connectivity index (χ0) is 25.1. The summed E-state index contributed by atoms with van der Waals surface area (Å²) >= 11 is 0. The van der Waals surface area contributed by atoms with Gasteiger partial charge in [0.15, 0.2) is 17.3 Å². The first-order chi connectivity index (χ1) is 17.5. The SMILES string of the molecule is COc1ccc(NC(=O)c2cc3cc(C4(O)CCN(Cc5cccnc5)CC4)ccc3o2)cc1OC. The molecule has 0 atom stereocenters. The van der Waals surface area contributed by atoms with Gasteiger partial charge in [-0.05, 0) is 60.4 Å². The summed E-state index contributed by atoms with van der Waals surface area (Å²) in [6.45, 7) is 2.39. The van der Waals surface area contributed by atoms with E-state index in [-0.39, 0.29) is 11.7 Å². The third kappa shape index (κ3) is 4.91. The number of hydrogen-bond acceptors (Lipinski definition) is 7. The van der Waals surface area contributed by atoms with Crippen molar-refractivity contribution in [3.05, 3.63) is 83.9 Å². The summed E-state index contributed by atoms with van der Waals surface area (Å²) in [6, 6.07) is 16.5. The van der Waals surface area contributed by atoms with Crippen LogP contribution in [-0.2, 0) is 12.1 Å². The number of nitrogens with one attached hydrogen (secondary N) is 1. The average Bonchev–Trinajstić information content (AvgIpc) is 3.34. The van der Waals surface area contributed by atoms with E-state index < -0.39 is 5.60 Å². The number of aliphatic hydroxyl groups is 1. The van der Waals surface area contributed by atoms with Crippen molar-refractivity contribution < 1.29 is 23.8 Å². The topological polar surface area (TPSA) is 97.1 Å². The first-order valence-electron chi connectivity index (χ1n) is 11.9. The second-order valence-electron chi connectivity index (χ2n) is 9.06. The molecule has 0 radical (unpaired) electrons. The van der Waals surface area contributed by atoms with E-state index in [0.717, 1.165) is 30.6 Å². The van der Waals surface area contributed by atoms with Crippen LogP contribution < -0.4 is 14.8 Å². The fraction of sp³-hybridized carbons (Fsp3) is 0.286. The Balaban J connectivity index is 1.28. The zero-order valence-electron chi connectivity index (χ0n) is 20.4. The molecule has 0 bridgehead atoms. The van der Waals surface area contributed by atoms with E-state index in [1.807, 2.05) is 30.5 Å². The first-order valence-corrected chi connectivity index (χ1v) is 11.9. The Labute approximate surface area is 209 Å². The van der Waals surface area contributed by atoms with Gasteiger partial charge in [0.1, 0.15) is 5.58 Å². The molecule has 8 heteroatoms. The maximum absolute atomic E-state index is 12.8. The Morgan fingerprint density at radius 2 is 1.89 bits per heavy atom. The van der Waals surface area contributed by atoms with Gasteiger partial charge in [0, 0.05) is 49.2 Å². The molecule has 1 aliphatic rings. The lowest BCUT2D eigenvalue weighted by Gasteiger charge is -2.38. The molecule has 2 N–H and O–H groups in total. The number of furan rings is 1. The molecule has 5 rings (SSSR count). The van der Waals surface area contributed by atoms with Gasteiger partial charge in [-0.2, -0.15) is 0 Å². The van der Waals surface area contributed by atoms with Gasteiger partial charge in [-0.1, -0.05) is 12.1 Å². The number of amides is 1. The molecule has 1 saturated heterocycles. The monoisotopic (exact) mass is 487 g/mol. The third-order valence-electron chi connectivity index (χ3n) is 6.73. The summed E-state index contributed by atoms with van der Waals surface area (Å²) in [7, 11) is 3.10. The number of likely N-dealkylation sites (tertiary alicyclic amines) is 1. The van der Waals surface area contributed by atoms with Crippen LogP contribution in [0.1, 0.15) is 34.5 Å². The number of rotatable bonds is 7.